The molecule has 17 heavy (non-hydrogen) atoms. The molecule has 100 valence electrons. The third-order valence-corrected chi connectivity index (χ3v) is 3.68. The van der Waals surface area contributed by atoms with E-state index in [2.05, 4.69) is 19.2 Å². The second-order valence-electron chi connectivity index (χ2n) is 5.13. The molecule has 0 bridgehead atoms. The smallest absolute Gasteiger partial charge is 0.323 e. The third-order valence-electron chi connectivity index (χ3n) is 3.68. The summed E-state index contributed by atoms with van der Waals surface area (Å²) in [5.41, 5.74) is 0. The van der Waals surface area contributed by atoms with Crippen molar-refractivity contribution in [3.05, 3.63) is 0 Å². The van der Waals surface area contributed by atoms with E-state index >= 15 is 0 Å². The van der Waals surface area contributed by atoms with E-state index in [1.165, 1.54) is 25.7 Å². The number of carbonyl (C=O) groups excluding carboxylic acids is 1. The van der Waals surface area contributed by atoms with Crippen LogP contribution in [0, 0.1) is 5.92 Å². The van der Waals surface area contributed by atoms with Crippen LogP contribution in [0.15, 0.2) is 0 Å². The monoisotopic (exact) mass is 241 g/mol. The van der Waals surface area contributed by atoms with Gasteiger partial charge in [0, 0.05) is 6.04 Å². The molecule has 0 saturated heterocycles. The minimum Gasteiger partial charge on any atom is -0.465 e. The number of hydrogen-bond donors (Lipinski definition) is 1. The summed E-state index contributed by atoms with van der Waals surface area (Å²) in [5.74, 6) is 0.602. The van der Waals surface area contributed by atoms with Gasteiger partial charge in [0.15, 0.2) is 0 Å². The Morgan fingerprint density at radius 2 is 2.06 bits per heavy atom. The molecule has 1 saturated carbocycles. The van der Waals surface area contributed by atoms with Gasteiger partial charge in [0.25, 0.3) is 0 Å². The first kappa shape index (κ1) is 14.5. The van der Waals surface area contributed by atoms with Crippen LogP contribution < -0.4 is 5.32 Å². The Morgan fingerprint density at radius 1 is 1.35 bits per heavy atom. The highest BCUT2D eigenvalue weighted by Crippen LogP contribution is 2.24. The molecule has 0 aromatic heterocycles. The molecule has 1 fully saturated rings. The first-order valence-electron chi connectivity index (χ1n) is 7.11. The maximum atomic E-state index is 11.8. The molecular weight excluding hydrogens is 214 g/mol. The zero-order valence-corrected chi connectivity index (χ0v) is 11.5. The van der Waals surface area contributed by atoms with E-state index < -0.39 is 0 Å². The van der Waals surface area contributed by atoms with Crippen molar-refractivity contribution in [1.82, 2.24) is 5.32 Å². The molecule has 3 nitrogen and oxygen atoms in total. The van der Waals surface area contributed by atoms with Crippen LogP contribution in [0.2, 0.25) is 0 Å². The molecule has 0 aromatic rings. The van der Waals surface area contributed by atoms with Crippen LogP contribution in [0.4, 0.5) is 0 Å². The van der Waals surface area contributed by atoms with Crippen LogP contribution in [0.3, 0.4) is 0 Å². The van der Waals surface area contributed by atoms with Crippen LogP contribution >= 0.6 is 0 Å². The summed E-state index contributed by atoms with van der Waals surface area (Å²) in [5, 5.41) is 3.52. The maximum Gasteiger partial charge on any atom is 0.323 e. The van der Waals surface area contributed by atoms with Crippen molar-refractivity contribution in [3.8, 4) is 0 Å². The van der Waals surface area contributed by atoms with Gasteiger partial charge in [-0.1, -0.05) is 33.1 Å². The third kappa shape index (κ3) is 4.66. The van der Waals surface area contributed by atoms with E-state index in [1.54, 1.807) is 0 Å². The lowest BCUT2D eigenvalue weighted by Gasteiger charge is -2.32. The Morgan fingerprint density at radius 3 is 2.65 bits per heavy atom. The summed E-state index contributed by atoms with van der Waals surface area (Å²) < 4.78 is 5.13. The highest BCUT2D eigenvalue weighted by Gasteiger charge is 2.27. The number of esters is 1. The number of rotatable bonds is 6. The Hall–Kier alpha value is -0.570. The molecule has 0 amide bonds. The predicted octanol–water partition coefficient (Wildman–Crippen LogP) is 2.89. The fourth-order valence-corrected chi connectivity index (χ4v) is 2.62. The minimum absolute atomic E-state index is 0.0767. The molecule has 1 aliphatic carbocycles. The van der Waals surface area contributed by atoms with Gasteiger partial charge < -0.3 is 10.1 Å². The number of hydrogen-bond acceptors (Lipinski definition) is 3. The highest BCUT2D eigenvalue weighted by molar-refractivity contribution is 5.75. The first-order valence-corrected chi connectivity index (χ1v) is 7.11. The average Bonchev–Trinajstić information content (AvgIpc) is 2.31. The van der Waals surface area contributed by atoms with Gasteiger partial charge in [-0.2, -0.15) is 0 Å². The second kappa shape index (κ2) is 7.70. The normalized spacial score (nSPS) is 26.5. The molecule has 1 N–H and O–H groups in total. The lowest BCUT2D eigenvalue weighted by atomic mass is 9.85. The fourth-order valence-electron chi connectivity index (χ4n) is 2.62. The van der Waals surface area contributed by atoms with Crippen molar-refractivity contribution in [2.75, 3.05) is 6.61 Å². The van der Waals surface area contributed by atoms with Gasteiger partial charge in [-0.05, 0) is 32.1 Å². The Kier molecular flexibility index (Phi) is 6.56. The largest absolute Gasteiger partial charge is 0.465 e. The molecule has 1 rings (SSSR count). The van der Waals surface area contributed by atoms with Gasteiger partial charge in [0.05, 0.1) is 6.61 Å². The van der Waals surface area contributed by atoms with Gasteiger partial charge in [-0.15, -0.1) is 0 Å². The molecule has 3 unspecified atom stereocenters. The molecule has 1 aliphatic rings. The number of nitrogens with one attached hydrogen (secondary N) is 1. The van der Waals surface area contributed by atoms with E-state index in [4.69, 9.17) is 4.74 Å². The van der Waals surface area contributed by atoms with Gasteiger partial charge >= 0.3 is 5.97 Å². The molecule has 3 heteroatoms. The van der Waals surface area contributed by atoms with Crippen LogP contribution in [0.1, 0.15) is 59.3 Å². The zero-order valence-electron chi connectivity index (χ0n) is 11.5. The Balaban J connectivity index is 2.49. The minimum atomic E-state index is -0.106. The van der Waals surface area contributed by atoms with Crippen molar-refractivity contribution >= 4 is 5.97 Å². The standard InChI is InChI=1S/C14H27NO2/c1-4-8-13(14(16)17-5-2)15-12-10-7-6-9-11(12)3/h11-13,15H,4-10H2,1-3H3. The molecule has 0 aromatic carbocycles. The van der Waals surface area contributed by atoms with Gasteiger partial charge in [-0.25, -0.2) is 0 Å². The van der Waals surface area contributed by atoms with E-state index in [1.807, 2.05) is 6.92 Å². The quantitative estimate of drug-likeness (QED) is 0.727. The topological polar surface area (TPSA) is 38.3 Å². The highest BCUT2D eigenvalue weighted by atomic mass is 16.5. The van der Waals surface area contributed by atoms with E-state index in [0.29, 0.717) is 18.6 Å². The lowest BCUT2D eigenvalue weighted by molar-refractivity contribution is -0.146. The van der Waals surface area contributed by atoms with Crippen molar-refractivity contribution in [3.63, 3.8) is 0 Å². The van der Waals surface area contributed by atoms with Crippen LogP contribution in [-0.4, -0.2) is 24.7 Å². The van der Waals surface area contributed by atoms with Crippen molar-refractivity contribution < 1.29 is 9.53 Å². The molecule has 0 radical (unpaired) electrons. The molecule has 0 aliphatic heterocycles. The van der Waals surface area contributed by atoms with Crippen molar-refractivity contribution in [1.29, 1.82) is 0 Å². The fraction of sp³-hybridized carbons (Fsp3) is 0.929. The molecule has 0 spiro atoms. The first-order chi connectivity index (χ1) is 8.19. The van der Waals surface area contributed by atoms with E-state index in [0.717, 1.165) is 12.8 Å². The average molecular weight is 241 g/mol. The van der Waals surface area contributed by atoms with Gasteiger partial charge in [0.2, 0.25) is 0 Å². The maximum absolute atomic E-state index is 11.8. The SMILES string of the molecule is CCCC(NC1CCCCC1C)C(=O)OCC. The number of ether oxygens (including phenoxy) is 1. The van der Waals surface area contributed by atoms with Gasteiger partial charge in [-0.3, -0.25) is 4.79 Å². The van der Waals surface area contributed by atoms with E-state index in [9.17, 15) is 4.79 Å². The lowest BCUT2D eigenvalue weighted by Crippen LogP contribution is -2.47. The summed E-state index contributed by atoms with van der Waals surface area (Å²) in [7, 11) is 0. The summed E-state index contributed by atoms with van der Waals surface area (Å²) in [6.07, 6.45) is 6.97. The second-order valence-corrected chi connectivity index (χ2v) is 5.13. The van der Waals surface area contributed by atoms with Crippen molar-refractivity contribution in [2.45, 2.75) is 71.4 Å². The predicted molar refractivity (Wildman–Crippen MR) is 69.9 cm³/mol. The molecular formula is C14H27NO2. The number of carbonyl (C=O) groups is 1. The van der Waals surface area contributed by atoms with Crippen LogP contribution in [-0.2, 0) is 9.53 Å². The Bertz CT molecular complexity index is 230. The summed E-state index contributed by atoms with van der Waals surface area (Å²) in [4.78, 5) is 11.8. The molecule has 3 atom stereocenters. The van der Waals surface area contributed by atoms with E-state index in [-0.39, 0.29) is 12.0 Å². The van der Waals surface area contributed by atoms with Crippen LogP contribution in [0.5, 0.6) is 0 Å². The zero-order chi connectivity index (χ0) is 12.7. The van der Waals surface area contributed by atoms with Crippen molar-refractivity contribution in [2.24, 2.45) is 5.92 Å². The Labute approximate surface area is 105 Å². The summed E-state index contributed by atoms with van der Waals surface area (Å²) in [6, 6.07) is 0.384. The summed E-state index contributed by atoms with van der Waals surface area (Å²) >= 11 is 0. The summed E-state index contributed by atoms with van der Waals surface area (Å²) in [6.45, 7) is 6.73. The van der Waals surface area contributed by atoms with Crippen LogP contribution in [0.25, 0.3) is 0 Å². The molecule has 0 heterocycles. The van der Waals surface area contributed by atoms with Gasteiger partial charge in [0.1, 0.15) is 6.04 Å².